The van der Waals surface area contributed by atoms with E-state index in [0.29, 0.717) is 11.4 Å². The third-order valence-electron chi connectivity index (χ3n) is 1.80. The van der Waals surface area contributed by atoms with E-state index in [-0.39, 0.29) is 0 Å². The first-order chi connectivity index (χ1) is 7.46. The molecule has 5 heteroatoms. The molecule has 16 heavy (non-hydrogen) atoms. The van der Waals surface area contributed by atoms with E-state index >= 15 is 0 Å². The van der Waals surface area contributed by atoms with Crippen LogP contribution in [0, 0.1) is 6.57 Å². The van der Waals surface area contributed by atoms with Crippen molar-refractivity contribution in [1.82, 2.24) is 0 Å². The van der Waals surface area contributed by atoms with Gasteiger partial charge in [-0.25, -0.2) is 13.3 Å². The summed E-state index contributed by atoms with van der Waals surface area (Å²) in [7, 11) is -3.30. The van der Waals surface area contributed by atoms with Gasteiger partial charge in [0.25, 0.3) is 0 Å². The lowest BCUT2D eigenvalue weighted by atomic mass is 10.1. The second-order valence-electron chi connectivity index (χ2n) is 3.26. The Hall–Kier alpha value is -1.80. The number of benzene rings is 1. The van der Waals surface area contributed by atoms with Gasteiger partial charge in [-0.3, -0.25) is 4.72 Å². The van der Waals surface area contributed by atoms with Crippen LogP contribution in [0.5, 0.6) is 0 Å². The van der Waals surface area contributed by atoms with Crippen molar-refractivity contribution < 1.29 is 8.42 Å². The van der Waals surface area contributed by atoms with Gasteiger partial charge in [-0.15, -0.1) is 0 Å². The minimum Gasteiger partial charge on any atom is -0.285 e. The lowest BCUT2D eigenvalue weighted by molar-refractivity contribution is 0.607. The van der Waals surface area contributed by atoms with Gasteiger partial charge in [0.2, 0.25) is 10.0 Å². The number of sulfonamides is 1. The van der Waals surface area contributed by atoms with Gasteiger partial charge < -0.3 is 0 Å². The Morgan fingerprint density at radius 1 is 1.44 bits per heavy atom. The molecule has 0 aromatic heterocycles. The fraction of sp³-hybridized carbons (Fsp3) is 0.182. The van der Waals surface area contributed by atoms with E-state index in [9.17, 15) is 8.42 Å². The molecule has 0 bridgehead atoms. The quantitative estimate of drug-likeness (QED) is 0.820. The Labute approximate surface area is 95.5 Å². The van der Waals surface area contributed by atoms with Crippen LogP contribution < -0.4 is 4.72 Å². The van der Waals surface area contributed by atoms with Crippen LogP contribution in [0.2, 0.25) is 0 Å². The number of allylic oxidation sites excluding steroid dienone is 1. The lowest BCUT2D eigenvalue weighted by Crippen LogP contribution is -2.09. The van der Waals surface area contributed by atoms with Crippen molar-refractivity contribution in [3.05, 3.63) is 41.3 Å². The molecule has 0 aliphatic carbocycles. The van der Waals surface area contributed by atoms with Gasteiger partial charge in [-0.2, -0.15) is 0 Å². The van der Waals surface area contributed by atoms with E-state index in [2.05, 4.69) is 9.57 Å². The first-order valence-corrected chi connectivity index (χ1v) is 6.47. The van der Waals surface area contributed by atoms with Crippen molar-refractivity contribution in [3.63, 3.8) is 0 Å². The molecule has 0 saturated heterocycles. The van der Waals surface area contributed by atoms with Crippen LogP contribution in [-0.4, -0.2) is 14.7 Å². The van der Waals surface area contributed by atoms with Crippen molar-refractivity contribution in [2.24, 2.45) is 0 Å². The predicted molar refractivity (Wildman–Crippen MR) is 65.9 cm³/mol. The van der Waals surface area contributed by atoms with Crippen LogP contribution in [-0.2, 0) is 10.0 Å². The van der Waals surface area contributed by atoms with E-state index < -0.39 is 10.0 Å². The standard InChI is InChI=1S/C11H12N2O2S/c1-4-5-9-6-7-10(8-11(9)12-2)13-16(3,14)15/h4-8,13H,1,3H3. The van der Waals surface area contributed by atoms with Gasteiger partial charge in [0, 0.05) is 5.69 Å². The van der Waals surface area contributed by atoms with Crippen molar-refractivity contribution in [2.75, 3.05) is 11.0 Å². The zero-order valence-corrected chi connectivity index (χ0v) is 9.88. The normalized spacial score (nSPS) is 11.3. The molecule has 4 nitrogen and oxygen atoms in total. The first kappa shape index (κ1) is 12.3. The Balaban J connectivity index is 3.15. The summed E-state index contributed by atoms with van der Waals surface area (Å²) in [6.45, 7) is 8.86. The van der Waals surface area contributed by atoms with Gasteiger partial charge in [0.1, 0.15) is 0 Å². The Morgan fingerprint density at radius 3 is 2.62 bits per heavy atom. The summed E-state index contributed by atoms with van der Waals surface area (Å²) < 4.78 is 24.3. The van der Waals surface area contributed by atoms with Crippen LogP contribution in [0.25, 0.3) is 10.9 Å². The van der Waals surface area contributed by atoms with Gasteiger partial charge in [0.15, 0.2) is 5.69 Å². The summed E-state index contributed by atoms with van der Waals surface area (Å²) in [6.07, 6.45) is 4.70. The summed E-state index contributed by atoms with van der Waals surface area (Å²) >= 11 is 0. The van der Waals surface area contributed by atoms with E-state index in [1.807, 2.05) is 13.0 Å². The first-order valence-electron chi connectivity index (χ1n) is 4.58. The molecular weight excluding hydrogens is 224 g/mol. The molecule has 0 heterocycles. The minimum atomic E-state index is -3.30. The van der Waals surface area contributed by atoms with Crippen LogP contribution in [0.4, 0.5) is 11.4 Å². The highest BCUT2D eigenvalue weighted by Crippen LogP contribution is 2.25. The zero-order valence-electron chi connectivity index (χ0n) is 9.06. The van der Waals surface area contributed by atoms with Gasteiger partial charge >= 0.3 is 0 Å². The fourth-order valence-electron chi connectivity index (χ4n) is 1.24. The van der Waals surface area contributed by atoms with Crippen LogP contribution >= 0.6 is 0 Å². The molecule has 0 saturated carbocycles. The molecule has 0 fully saturated rings. The van der Waals surface area contributed by atoms with Crippen molar-refractivity contribution in [1.29, 1.82) is 0 Å². The Morgan fingerprint density at radius 2 is 2.12 bits per heavy atom. The lowest BCUT2D eigenvalue weighted by Gasteiger charge is -2.05. The fourth-order valence-corrected chi connectivity index (χ4v) is 1.79. The van der Waals surface area contributed by atoms with E-state index in [1.54, 1.807) is 18.2 Å². The third kappa shape index (κ3) is 3.41. The molecule has 0 unspecified atom stereocenters. The molecular formula is C11H12N2O2S. The van der Waals surface area contributed by atoms with Gasteiger partial charge in [-0.1, -0.05) is 18.2 Å². The predicted octanol–water partition coefficient (Wildman–Crippen LogP) is 2.64. The third-order valence-corrected chi connectivity index (χ3v) is 2.41. The molecule has 84 valence electrons. The van der Waals surface area contributed by atoms with E-state index in [1.165, 1.54) is 6.07 Å². The minimum absolute atomic E-state index is 0.404. The largest absolute Gasteiger partial charge is 0.285 e. The van der Waals surface area contributed by atoms with Crippen molar-refractivity contribution in [2.45, 2.75) is 6.92 Å². The Kier molecular flexibility index (Phi) is 3.69. The number of nitrogens with one attached hydrogen (secondary N) is 1. The topological polar surface area (TPSA) is 50.5 Å². The second-order valence-corrected chi connectivity index (χ2v) is 5.01. The Bertz CT molecular complexity index is 554. The summed E-state index contributed by atoms with van der Waals surface area (Å²) in [6, 6.07) is 4.86. The van der Waals surface area contributed by atoms with E-state index in [0.717, 1.165) is 11.8 Å². The molecule has 0 spiro atoms. The van der Waals surface area contributed by atoms with E-state index in [4.69, 9.17) is 6.57 Å². The number of rotatable bonds is 3. The molecule has 0 aliphatic heterocycles. The van der Waals surface area contributed by atoms with Gasteiger partial charge in [-0.05, 0) is 24.6 Å². The smallest absolute Gasteiger partial charge is 0.229 e. The van der Waals surface area contributed by atoms with Crippen LogP contribution in [0.3, 0.4) is 0 Å². The van der Waals surface area contributed by atoms with Crippen molar-refractivity contribution in [3.8, 4) is 0 Å². The highest BCUT2D eigenvalue weighted by atomic mass is 32.2. The number of hydrogen-bond donors (Lipinski definition) is 1. The SMILES string of the molecule is [C-]#[N+]c1cc(NS(C)(=O)=O)ccc1C=CC. The summed E-state index contributed by atoms with van der Waals surface area (Å²) in [5, 5.41) is 0. The molecule has 1 aromatic carbocycles. The maximum atomic E-state index is 11.0. The van der Waals surface area contributed by atoms with Crippen molar-refractivity contribution >= 4 is 27.5 Å². The maximum absolute atomic E-state index is 11.0. The molecule has 0 aliphatic rings. The molecule has 0 radical (unpaired) electrons. The second kappa shape index (κ2) is 4.81. The summed E-state index contributed by atoms with van der Waals surface area (Å²) in [5.74, 6) is 0. The van der Waals surface area contributed by atoms with Gasteiger partial charge in [0.05, 0.1) is 12.8 Å². The molecule has 0 atom stereocenters. The highest BCUT2D eigenvalue weighted by Gasteiger charge is 2.05. The van der Waals surface area contributed by atoms with Crippen LogP contribution in [0.1, 0.15) is 12.5 Å². The monoisotopic (exact) mass is 236 g/mol. The maximum Gasteiger partial charge on any atom is 0.229 e. The average molecular weight is 236 g/mol. The zero-order chi connectivity index (χ0) is 12.2. The number of nitrogens with zero attached hydrogens (tertiary/aromatic N) is 1. The molecule has 1 aromatic rings. The molecule has 1 rings (SSSR count). The number of hydrogen-bond acceptors (Lipinski definition) is 2. The average Bonchev–Trinajstić information content (AvgIpc) is 2.18. The number of anilines is 1. The summed E-state index contributed by atoms with van der Waals surface area (Å²) in [4.78, 5) is 3.34. The molecule has 1 N–H and O–H groups in total. The molecule has 0 amide bonds. The highest BCUT2D eigenvalue weighted by molar-refractivity contribution is 7.92. The summed E-state index contributed by atoms with van der Waals surface area (Å²) in [5.41, 5.74) is 1.60. The van der Waals surface area contributed by atoms with Crippen LogP contribution in [0.15, 0.2) is 24.3 Å².